The highest BCUT2D eigenvalue weighted by Crippen LogP contribution is 2.09. The van der Waals surface area contributed by atoms with Gasteiger partial charge in [0.1, 0.15) is 0 Å². The van der Waals surface area contributed by atoms with Crippen LogP contribution in [0.15, 0.2) is 0 Å². The molecule has 0 aromatic heterocycles. The molecule has 0 unspecified atom stereocenters. The summed E-state index contributed by atoms with van der Waals surface area (Å²) in [5.74, 6) is 0. The molecule has 1 saturated heterocycles. The molecule has 0 aromatic carbocycles. The van der Waals surface area contributed by atoms with E-state index >= 15 is 0 Å². The van der Waals surface area contributed by atoms with Crippen molar-refractivity contribution < 1.29 is 13.6 Å². The maximum Gasteiger partial charge on any atom is 0.317 e. The van der Waals surface area contributed by atoms with Crippen molar-refractivity contribution in [1.29, 1.82) is 0 Å². The summed E-state index contributed by atoms with van der Waals surface area (Å²) >= 11 is 0. The van der Waals surface area contributed by atoms with E-state index in [4.69, 9.17) is 0 Å². The van der Waals surface area contributed by atoms with Crippen molar-refractivity contribution in [2.45, 2.75) is 32.1 Å². The van der Waals surface area contributed by atoms with Gasteiger partial charge in [-0.05, 0) is 12.8 Å². The highest BCUT2D eigenvalue weighted by atomic mass is 19.3. The summed E-state index contributed by atoms with van der Waals surface area (Å²) in [4.78, 5) is 13.0. The van der Waals surface area contributed by atoms with Crippen LogP contribution in [0.2, 0.25) is 0 Å². The number of urea groups is 1. The first kappa shape index (κ1) is 11.2. The lowest BCUT2D eigenvalue weighted by Crippen LogP contribution is -2.42. The number of nitrogens with zero attached hydrogens (tertiary/aromatic N) is 1. The van der Waals surface area contributed by atoms with Gasteiger partial charge in [0.05, 0.1) is 6.54 Å². The maximum atomic E-state index is 11.8. The smallest absolute Gasteiger partial charge is 0.317 e. The standard InChI is InChI=1S/C9H16F2N2O/c10-8(11)7-12-9(14)13-5-3-1-2-4-6-13/h8H,1-7H2,(H,12,14). The molecule has 14 heavy (non-hydrogen) atoms. The van der Waals surface area contributed by atoms with Gasteiger partial charge in [-0.25, -0.2) is 13.6 Å². The van der Waals surface area contributed by atoms with E-state index in [1.54, 1.807) is 4.90 Å². The minimum atomic E-state index is -2.47. The summed E-state index contributed by atoms with van der Waals surface area (Å²) < 4.78 is 23.6. The summed E-state index contributed by atoms with van der Waals surface area (Å²) in [6.45, 7) is 0.833. The van der Waals surface area contributed by atoms with Gasteiger partial charge in [-0.15, -0.1) is 0 Å². The van der Waals surface area contributed by atoms with Gasteiger partial charge in [0, 0.05) is 13.1 Å². The van der Waals surface area contributed by atoms with Crippen LogP contribution in [-0.4, -0.2) is 37.0 Å². The van der Waals surface area contributed by atoms with E-state index in [1.165, 1.54) is 0 Å². The van der Waals surface area contributed by atoms with E-state index in [0.29, 0.717) is 13.1 Å². The molecule has 1 fully saturated rings. The molecule has 0 atom stereocenters. The predicted molar refractivity (Wildman–Crippen MR) is 49.4 cm³/mol. The lowest BCUT2D eigenvalue weighted by Gasteiger charge is -2.20. The number of alkyl halides is 2. The quantitative estimate of drug-likeness (QED) is 0.734. The second kappa shape index (κ2) is 5.78. The Labute approximate surface area is 82.5 Å². The van der Waals surface area contributed by atoms with Crippen LogP contribution in [0.1, 0.15) is 25.7 Å². The molecule has 0 spiro atoms. The molecule has 1 aliphatic rings. The van der Waals surface area contributed by atoms with E-state index in [9.17, 15) is 13.6 Å². The molecule has 0 radical (unpaired) electrons. The molecule has 1 aliphatic heterocycles. The lowest BCUT2D eigenvalue weighted by atomic mass is 10.2. The van der Waals surface area contributed by atoms with Crippen molar-refractivity contribution in [3.05, 3.63) is 0 Å². The van der Waals surface area contributed by atoms with Crippen molar-refractivity contribution in [2.24, 2.45) is 0 Å². The summed E-state index contributed by atoms with van der Waals surface area (Å²) in [6, 6.07) is -0.354. The average molecular weight is 206 g/mol. The van der Waals surface area contributed by atoms with E-state index in [-0.39, 0.29) is 6.03 Å². The fourth-order valence-corrected chi connectivity index (χ4v) is 1.55. The van der Waals surface area contributed by atoms with Crippen LogP contribution in [0.3, 0.4) is 0 Å². The first-order chi connectivity index (χ1) is 6.70. The summed E-state index contributed by atoms with van der Waals surface area (Å²) in [5, 5.41) is 2.22. The number of carbonyl (C=O) groups excluding carboxylic acids is 1. The molecular weight excluding hydrogens is 190 g/mol. The third kappa shape index (κ3) is 3.89. The largest absolute Gasteiger partial charge is 0.332 e. The van der Waals surface area contributed by atoms with Gasteiger partial charge in [0.2, 0.25) is 0 Å². The van der Waals surface area contributed by atoms with Crippen molar-refractivity contribution in [1.82, 2.24) is 10.2 Å². The SMILES string of the molecule is O=C(NCC(F)F)N1CCCCCC1. The van der Waals surface area contributed by atoms with Crippen molar-refractivity contribution in [3.63, 3.8) is 0 Å². The zero-order valence-corrected chi connectivity index (χ0v) is 8.14. The van der Waals surface area contributed by atoms with Crippen LogP contribution in [0.5, 0.6) is 0 Å². The highest BCUT2D eigenvalue weighted by molar-refractivity contribution is 5.74. The molecule has 0 aromatic rings. The number of carbonyl (C=O) groups is 1. The van der Waals surface area contributed by atoms with E-state index in [2.05, 4.69) is 5.32 Å². The Morgan fingerprint density at radius 2 is 1.79 bits per heavy atom. The molecular formula is C9H16F2N2O. The summed E-state index contributed by atoms with van der Waals surface area (Å²) in [5.41, 5.74) is 0. The van der Waals surface area contributed by atoms with Crippen molar-refractivity contribution in [3.8, 4) is 0 Å². The molecule has 82 valence electrons. The topological polar surface area (TPSA) is 32.3 Å². The molecule has 1 N–H and O–H groups in total. The molecule has 0 bridgehead atoms. The lowest BCUT2D eigenvalue weighted by molar-refractivity contribution is 0.140. The molecule has 0 aliphatic carbocycles. The van der Waals surface area contributed by atoms with Gasteiger partial charge in [0.25, 0.3) is 6.43 Å². The van der Waals surface area contributed by atoms with Crippen LogP contribution >= 0.6 is 0 Å². The van der Waals surface area contributed by atoms with Crippen LogP contribution < -0.4 is 5.32 Å². The van der Waals surface area contributed by atoms with Gasteiger partial charge >= 0.3 is 6.03 Å². The Hall–Kier alpha value is -0.870. The maximum absolute atomic E-state index is 11.8. The molecule has 1 heterocycles. The number of hydrogen-bond donors (Lipinski definition) is 1. The molecule has 0 saturated carbocycles. The van der Waals surface area contributed by atoms with Gasteiger partial charge in [-0.3, -0.25) is 0 Å². The number of rotatable bonds is 2. The predicted octanol–water partition coefficient (Wildman–Crippen LogP) is 1.84. The van der Waals surface area contributed by atoms with Crippen molar-refractivity contribution >= 4 is 6.03 Å². The summed E-state index contributed by atoms with van der Waals surface area (Å²) in [7, 11) is 0. The fraction of sp³-hybridized carbons (Fsp3) is 0.889. The Balaban J connectivity index is 2.27. The number of likely N-dealkylation sites (tertiary alicyclic amines) is 1. The first-order valence-corrected chi connectivity index (χ1v) is 5.01. The first-order valence-electron chi connectivity index (χ1n) is 5.01. The average Bonchev–Trinajstić information content (AvgIpc) is 2.42. The van der Waals surface area contributed by atoms with Crippen LogP contribution in [0.25, 0.3) is 0 Å². The second-order valence-electron chi connectivity index (χ2n) is 3.48. The third-order valence-electron chi connectivity index (χ3n) is 2.30. The highest BCUT2D eigenvalue weighted by Gasteiger charge is 2.15. The number of hydrogen-bond acceptors (Lipinski definition) is 1. The minimum absolute atomic E-state index is 0.354. The monoisotopic (exact) mass is 206 g/mol. The molecule has 2 amide bonds. The number of halogens is 2. The van der Waals surface area contributed by atoms with E-state index < -0.39 is 13.0 Å². The Morgan fingerprint density at radius 1 is 1.21 bits per heavy atom. The van der Waals surface area contributed by atoms with Gasteiger partial charge in [0.15, 0.2) is 0 Å². The third-order valence-corrected chi connectivity index (χ3v) is 2.30. The van der Waals surface area contributed by atoms with Gasteiger partial charge < -0.3 is 10.2 Å². The zero-order valence-electron chi connectivity index (χ0n) is 8.14. The zero-order chi connectivity index (χ0) is 10.4. The van der Waals surface area contributed by atoms with Gasteiger partial charge in [-0.2, -0.15) is 0 Å². The molecule has 3 nitrogen and oxygen atoms in total. The van der Waals surface area contributed by atoms with Gasteiger partial charge in [-0.1, -0.05) is 12.8 Å². The normalized spacial score (nSPS) is 18.1. The molecule has 1 rings (SSSR count). The Kier molecular flexibility index (Phi) is 4.62. The van der Waals surface area contributed by atoms with Crippen LogP contribution in [-0.2, 0) is 0 Å². The van der Waals surface area contributed by atoms with Crippen LogP contribution in [0, 0.1) is 0 Å². The summed E-state index contributed by atoms with van der Waals surface area (Å²) in [6.07, 6.45) is 1.73. The minimum Gasteiger partial charge on any atom is -0.332 e. The van der Waals surface area contributed by atoms with Crippen LogP contribution in [0.4, 0.5) is 13.6 Å². The number of amides is 2. The fourth-order valence-electron chi connectivity index (χ4n) is 1.55. The van der Waals surface area contributed by atoms with E-state index in [1.807, 2.05) is 0 Å². The van der Waals surface area contributed by atoms with Crippen molar-refractivity contribution in [2.75, 3.05) is 19.6 Å². The Morgan fingerprint density at radius 3 is 2.29 bits per heavy atom. The second-order valence-corrected chi connectivity index (χ2v) is 3.48. The van der Waals surface area contributed by atoms with E-state index in [0.717, 1.165) is 25.7 Å². The molecule has 5 heteroatoms. The Bertz CT molecular complexity index is 180. The number of nitrogens with one attached hydrogen (secondary N) is 1.